The summed E-state index contributed by atoms with van der Waals surface area (Å²) < 4.78 is 0. The molecule has 2 heterocycles. The fraction of sp³-hybridized carbons (Fsp3) is 0.294. The Balaban J connectivity index is 1.78. The zero-order chi connectivity index (χ0) is 16.2. The molecule has 3 N–H and O–H groups in total. The van der Waals surface area contributed by atoms with E-state index in [1.165, 1.54) is 16.8 Å². The standard InChI is InChI=1S/C17H20N4O2/c18-17(22)21(23)12-13-5-6-16-15(9-13)4-2-8-20(16)11-14-3-1-7-19-10-14/h1,3,5-7,9-10,23H,2,4,8,11-12H2,(H2,18,22). The number of fused-ring (bicyclic) bond motifs is 1. The number of carbonyl (C=O) groups is 1. The molecule has 0 atom stereocenters. The van der Waals surface area contributed by atoms with Crippen molar-refractivity contribution in [2.75, 3.05) is 11.4 Å². The highest BCUT2D eigenvalue weighted by atomic mass is 16.5. The van der Waals surface area contributed by atoms with Gasteiger partial charge in [0.25, 0.3) is 0 Å². The number of hydroxylamine groups is 2. The second kappa shape index (κ2) is 6.66. The number of primary amides is 1. The highest BCUT2D eigenvalue weighted by Gasteiger charge is 2.18. The average Bonchev–Trinajstić information content (AvgIpc) is 2.56. The fourth-order valence-electron chi connectivity index (χ4n) is 2.95. The summed E-state index contributed by atoms with van der Waals surface area (Å²) in [5.74, 6) is 0. The summed E-state index contributed by atoms with van der Waals surface area (Å²) in [6.07, 6.45) is 5.74. The molecule has 1 aliphatic heterocycles. The molecular weight excluding hydrogens is 292 g/mol. The number of nitrogens with two attached hydrogens (primary N) is 1. The van der Waals surface area contributed by atoms with E-state index < -0.39 is 6.03 Å². The van der Waals surface area contributed by atoms with Crippen molar-refractivity contribution in [1.82, 2.24) is 10.0 Å². The fourth-order valence-corrected chi connectivity index (χ4v) is 2.95. The third-order valence-corrected chi connectivity index (χ3v) is 4.04. The molecule has 0 fully saturated rings. The zero-order valence-electron chi connectivity index (χ0n) is 12.9. The normalized spacial score (nSPS) is 13.5. The van der Waals surface area contributed by atoms with Gasteiger partial charge in [-0.2, -0.15) is 0 Å². The van der Waals surface area contributed by atoms with Gasteiger partial charge in [-0.05, 0) is 41.7 Å². The van der Waals surface area contributed by atoms with Crippen LogP contribution in [0.25, 0.3) is 0 Å². The predicted molar refractivity (Wildman–Crippen MR) is 87.0 cm³/mol. The van der Waals surface area contributed by atoms with Gasteiger partial charge in [0.1, 0.15) is 0 Å². The number of urea groups is 1. The van der Waals surface area contributed by atoms with Gasteiger partial charge in [-0.15, -0.1) is 0 Å². The Morgan fingerprint density at radius 1 is 1.35 bits per heavy atom. The van der Waals surface area contributed by atoms with Crippen LogP contribution in [0.5, 0.6) is 0 Å². The lowest BCUT2D eigenvalue weighted by molar-refractivity contribution is -0.0470. The van der Waals surface area contributed by atoms with Crippen molar-refractivity contribution >= 4 is 11.7 Å². The van der Waals surface area contributed by atoms with E-state index in [0.717, 1.165) is 31.5 Å². The van der Waals surface area contributed by atoms with Crippen LogP contribution in [0.15, 0.2) is 42.7 Å². The number of rotatable bonds is 4. The quantitative estimate of drug-likeness (QED) is 0.670. The number of anilines is 1. The molecule has 0 aliphatic carbocycles. The van der Waals surface area contributed by atoms with E-state index in [9.17, 15) is 10.0 Å². The van der Waals surface area contributed by atoms with Gasteiger partial charge < -0.3 is 10.6 Å². The smallest absolute Gasteiger partial charge is 0.338 e. The summed E-state index contributed by atoms with van der Waals surface area (Å²) in [5, 5.41) is 10.00. The van der Waals surface area contributed by atoms with Gasteiger partial charge in [0, 0.05) is 31.2 Å². The predicted octanol–water partition coefficient (Wildman–Crippen LogP) is 2.30. The second-order valence-corrected chi connectivity index (χ2v) is 5.75. The maximum atomic E-state index is 10.9. The summed E-state index contributed by atoms with van der Waals surface area (Å²) in [6, 6.07) is 9.19. The molecular formula is C17H20N4O2. The SMILES string of the molecule is NC(=O)N(O)Cc1ccc2c(c1)CCCN2Cc1cccnc1. The molecule has 6 nitrogen and oxygen atoms in total. The molecule has 0 bridgehead atoms. The molecule has 1 aromatic carbocycles. The first-order valence-electron chi connectivity index (χ1n) is 7.65. The van der Waals surface area contributed by atoms with Gasteiger partial charge >= 0.3 is 6.03 Å². The molecule has 2 aromatic rings. The van der Waals surface area contributed by atoms with Crippen LogP contribution in [0.4, 0.5) is 10.5 Å². The summed E-state index contributed by atoms with van der Waals surface area (Å²) in [7, 11) is 0. The lowest BCUT2D eigenvalue weighted by Gasteiger charge is -2.32. The minimum absolute atomic E-state index is 0.102. The van der Waals surface area contributed by atoms with Crippen molar-refractivity contribution < 1.29 is 10.0 Å². The summed E-state index contributed by atoms with van der Waals surface area (Å²) in [5.41, 5.74) is 9.53. The van der Waals surface area contributed by atoms with Crippen molar-refractivity contribution in [3.8, 4) is 0 Å². The van der Waals surface area contributed by atoms with Crippen LogP contribution in [0.3, 0.4) is 0 Å². The first kappa shape index (κ1) is 15.3. The molecule has 1 aliphatic rings. The Labute approximate surface area is 135 Å². The Morgan fingerprint density at radius 3 is 2.96 bits per heavy atom. The van der Waals surface area contributed by atoms with Gasteiger partial charge in [-0.25, -0.2) is 9.86 Å². The Bertz CT molecular complexity index is 690. The Hall–Kier alpha value is -2.60. The maximum absolute atomic E-state index is 10.9. The number of aromatic nitrogens is 1. The highest BCUT2D eigenvalue weighted by Crippen LogP contribution is 2.29. The van der Waals surface area contributed by atoms with Crippen LogP contribution < -0.4 is 10.6 Å². The van der Waals surface area contributed by atoms with Crippen LogP contribution in [0.1, 0.15) is 23.1 Å². The van der Waals surface area contributed by atoms with Crippen molar-refractivity contribution in [2.45, 2.75) is 25.9 Å². The van der Waals surface area contributed by atoms with Gasteiger partial charge in [-0.3, -0.25) is 10.2 Å². The van der Waals surface area contributed by atoms with Crippen molar-refractivity contribution in [3.63, 3.8) is 0 Å². The molecule has 0 unspecified atom stereocenters. The molecule has 23 heavy (non-hydrogen) atoms. The number of benzene rings is 1. The Morgan fingerprint density at radius 2 is 2.22 bits per heavy atom. The van der Waals surface area contributed by atoms with Crippen molar-refractivity contribution in [2.24, 2.45) is 5.73 Å². The first-order chi connectivity index (χ1) is 11.1. The van der Waals surface area contributed by atoms with E-state index in [0.29, 0.717) is 5.06 Å². The lowest BCUT2D eigenvalue weighted by Crippen LogP contribution is -2.32. The molecule has 6 heteroatoms. The van der Waals surface area contributed by atoms with E-state index in [4.69, 9.17) is 5.73 Å². The number of hydrogen-bond acceptors (Lipinski definition) is 4. The molecule has 120 valence electrons. The van der Waals surface area contributed by atoms with E-state index in [1.54, 1.807) is 6.20 Å². The summed E-state index contributed by atoms with van der Waals surface area (Å²) in [6.45, 7) is 1.94. The van der Waals surface area contributed by atoms with Crippen LogP contribution in [0, 0.1) is 0 Å². The zero-order valence-corrected chi connectivity index (χ0v) is 12.9. The van der Waals surface area contributed by atoms with Crippen LogP contribution >= 0.6 is 0 Å². The Kier molecular flexibility index (Phi) is 4.43. The first-order valence-corrected chi connectivity index (χ1v) is 7.65. The van der Waals surface area contributed by atoms with Gasteiger partial charge in [0.05, 0.1) is 6.54 Å². The molecule has 0 spiro atoms. The van der Waals surface area contributed by atoms with Crippen molar-refractivity contribution in [1.29, 1.82) is 0 Å². The summed E-state index contributed by atoms with van der Waals surface area (Å²) in [4.78, 5) is 17.4. The van der Waals surface area contributed by atoms with E-state index in [1.807, 2.05) is 24.4 Å². The molecule has 0 radical (unpaired) electrons. The number of hydrogen-bond donors (Lipinski definition) is 2. The third-order valence-electron chi connectivity index (χ3n) is 4.04. The molecule has 2 amide bonds. The second-order valence-electron chi connectivity index (χ2n) is 5.75. The molecule has 0 saturated heterocycles. The molecule has 1 aromatic heterocycles. The number of amides is 2. The van der Waals surface area contributed by atoms with E-state index in [2.05, 4.69) is 22.0 Å². The topological polar surface area (TPSA) is 82.7 Å². The number of nitrogens with zero attached hydrogens (tertiary/aromatic N) is 3. The van der Waals surface area contributed by atoms with E-state index >= 15 is 0 Å². The van der Waals surface area contributed by atoms with Gasteiger partial charge in [0.15, 0.2) is 0 Å². The largest absolute Gasteiger partial charge is 0.367 e. The third kappa shape index (κ3) is 3.60. The number of carbonyl (C=O) groups excluding carboxylic acids is 1. The minimum atomic E-state index is -0.846. The number of aryl methyl sites for hydroxylation is 1. The maximum Gasteiger partial charge on any atom is 0.338 e. The van der Waals surface area contributed by atoms with Gasteiger partial charge in [-0.1, -0.05) is 18.2 Å². The van der Waals surface area contributed by atoms with Crippen LogP contribution in [0.2, 0.25) is 0 Å². The molecule has 3 rings (SSSR count). The van der Waals surface area contributed by atoms with E-state index in [-0.39, 0.29) is 6.54 Å². The highest BCUT2D eigenvalue weighted by molar-refractivity contribution is 5.70. The average molecular weight is 312 g/mol. The van der Waals surface area contributed by atoms with Crippen LogP contribution in [-0.2, 0) is 19.5 Å². The molecule has 0 saturated carbocycles. The number of pyridine rings is 1. The monoisotopic (exact) mass is 312 g/mol. The van der Waals surface area contributed by atoms with Gasteiger partial charge in [0.2, 0.25) is 0 Å². The van der Waals surface area contributed by atoms with Crippen LogP contribution in [-0.4, -0.2) is 27.8 Å². The summed E-state index contributed by atoms with van der Waals surface area (Å²) >= 11 is 0. The van der Waals surface area contributed by atoms with Crippen molar-refractivity contribution in [3.05, 3.63) is 59.4 Å². The lowest BCUT2D eigenvalue weighted by atomic mass is 9.98. The minimum Gasteiger partial charge on any atom is -0.367 e.